The molecule has 0 saturated carbocycles. The number of anilines is 1. The van der Waals surface area contributed by atoms with Gasteiger partial charge in [-0.25, -0.2) is 0 Å². The molecule has 1 saturated heterocycles. The number of methoxy groups -OCH3 is 1. The van der Waals surface area contributed by atoms with Crippen LogP contribution < -0.4 is 16.0 Å². The first-order valence-electron chi connectivity index (χ1n) is 8.73. The lowest BCUT2D eigenvalue weighted by Crippen LogP contribution is -2.48. The van der Waals surface area contributed by atoms with Gasteiger partial charge >= 0.3 is 0 Å². The molecule has 1 aromatic carbocycles. The number of carbonyl (C=O) groups excluding carboxylic acids is 2. The van der Waals surface area contributed by atoms with Gasteiger partial charge in [0, 0.05) is 38.5 Å². The molecule has 0 unspecified atom stereocenters. The van der Waals surface area contributed by atoms with E-state index in [0.29, 0.717) is 26.2 Å². The summed E-state index contributed by atoms with van der Waals surface area (Å²) in [7, 11) is 1.63. The summed E-state index contributed by atoms with van der Waals surface area (Å²) in [4.78, 5) is 26.0. The normalized spacial score (nSPS) is 14.6. The fourth-order valence-electron chi connectivity index (χ4n) is 2.82. The Labute approximate surface area is 173 Å². The van der Waals surface area contributed by atoms with E-state index in [1.165, 1.54) is 0 Å². The molecule has 9 heteroatoms. The Morgan fingerprint density at radius 1 is 1.11 bits per heavy atom. The summed E-state index contributed by atoms with van der Waals surface area (Å²) in [5, 5.41) is 8.97. The standard InChI is InChI=1S/C18H28N4O3.2ClH/c1-25-12-9-19-13-17(23)20-16-7-10-22(11-8-16)14-18(24)21-15-5-3-2-4-6-15;;/h2-6,16,19H,7-14H2,1H3,(H,20,23)(H,21,24);2*1H. The van der Waals surface area contributed by atoms with Gasteiger partial charge in [0.1, 0.15) is 0 Å². The number of hydrogen-bond donors (Lipinski definition) is 3. The number of hydrogen-bond acceptors (Lipinski definition) is 5. The van der Waals surface area contributed by atoms with Crippen LogP contribution in [0.15, 0.2) is 30.3 Å². The van der Waals surface area contributed by atoms with Crippen LogP contribution in [-0.4, -0.2) is 69.2 Å². The molecule has 2 amide bonds. The molecule has 1 heterocycles. The molecule has 1 fully saturated rings. The van der Waals surface area contributed by atoms with Crippen LogP contribution in [0.5, 0.6) is 0 Å². The Bertz CT molecular complexity index is 541. The van der Waals surface area contributed by atoms with Crippen LogP contribution >= 0.6 is 24.8 Å². The third kappa shape index (κ3) is 10.5. The Morgan fingerprint density at radius 2 is 1.78 bits per heavy atom. The van der Waals surface area contributed by atoms with E-state index in [1.807, 2.05) is 30.3 Å². The Kier molecular flexibility index (Phi) is 13.9. The first-order chi connectivity index (χ1) is 12.2. The zero-order chi connectivity index (χ0) is 17.9. The van der Waals surface area contributed by atoms with Gasteiger partial charge in [0.15, 0.2) is 0 Å². The van der Waals surface area contributed by atoms with Crippen LogP contribution in [0.1, 0.15) is 12.8 Å². The van der Waals surface area contributed by atoms with Crippen LogP contribution in [0.4, 0.5) is 5.69 Å². The number of amides is 2. The number of ether oxygens (including phenoxy) is 1. The monoisotopic (exact) mass is 420 g/mol. The first kappa shape index (κ1) is 25.6. The molecular formula is C18H30Cl2N4O3. The van der Waals surface area contributed by atoms with Gasteiger partial charge in [0.05, 0.1) is 19.7 Å². The van der Waals surface area contributed by atoms with Crippen molar-refractivity contribution in [1.29, 1.82) is 0 Å². The van der Waals surface area contributed by atoms with Gasteiger partial charge in [-0.3, -0.25) is 14.5 Å². The topological polar surface area (TPSA) is 82.7 Å². The molecule has 1 aliphatic rings. The van der Waals surface area contributed by atoms with E-state index in [1.54, 1.807) is 7.11 Å². The molecule has 0 aromatic heterocycles. The van der Waals surface area contributed by atoms with Crippen LogP contribution in [0.25, 0.3) is 0 Å². The molecule has 1 aliphatic heterocycles. The summed E-state index contributed by atoms with van der Waals surface area (Å²) >= 11 is 0. The average Bonchev–Trinajstić information content (AvgIpc) is 2.61. The highest BCUT2D eigenvalue weighted by atomic mass is 35.5. The van der Waals surface area contributed by atoms with Gasteiger partial charge < -0.3 is 20.7 Å². The van der Waals surface area contributed by atoms with Gasteiger partial charge in [-0.05, 0) is 25.0 Å². The maximum atomic E-state index is 12.1. The van der Waals surface area contributed by atoms with Crippen LogP contribution in [0.3, 0.4) is 0 Å². The number of benzene rings is 1. The SMILES string of the molecule is COCCNCC(=O)NC1CCN(CC(=O)Nc2ccccc2)CC1.Cl.Cl. The largest absolute Gasteiger partial charge is 0.383 e. The Morgan fingerprint density at radius 3 is 2.41 bits per heavy atom. The minimum atomic E-state index is -0.00368. The first-order valence-corrected chi connectivity index (χ1v) is 8.73. The lowest BCUT2D eigenvalue weighted by Gasteiger charge is -2.31. The van der Waals surface area contributed by atoms with Crippen molar-refractivity contribution in [2.45, 2.75) is 18.9 Å². The molecule has 0 spiro atoms. The molecule has 0 aliphatic carbocycles. The molecule has 27 heavy (non-hydrogen) atoms. The molecule has 0 radical (unpaired) electrons. The van der Waals surface area contributed by atoms with Gasteiger partial charge in [-0.15, -0.1) is 24.8 Å². The van der Waals surface area contributed by atoms with E-state index in [2.05, 4.69) is 20.9 Å². The summed E-state index contributed by atoms with van der Waals surface area (Å²) in [6, 6.07) is 9.65. The van der Waals surface area contributed by atoms with Crippen LogP contribution in [0.2, 0.25) is 0 Å². The highest BCUT2D eigenvalue weighted by Gasteiger charge is 2.21. The predicted molar refractivity (Wildman–Crippen MR) is 112 cm³/mol. The average molecular weight is 421 g/mol. The highest BCUT2D eigenvalue weighted by Crippen LogP contribution is 2.11. The fourth-order valence-corrected chi connectivity index (χ4v) is 2.82. The van der Waals surface area contributed by atoms with E-state index in [4.69, 9.17) is 4.74 Å². The maximum Gasteiger partial charge on any atom is 0.238 e. The number of nitrogens with one attached hydrogen (secondary N) is 3. The second kappa shape index (κ2) is 14.6. The van der Waals surface area contributed by atoms with Crippen LogP contribution in [0, 0.1) is 0 Å². The Balaban J connectivity index is 0.00000338. The lowest BCUT2D eigenvalue weighted by molar-refractivity contribution is -0.122. The number of halogens is 2. The van der Waals surface area contributed by atoms with Crippen molar-refractivity contribution in [3.63, 3.8) is 0 Å². The number of para-hydroxylation sites is 1. The lowest BCUT2D eigenvalue weighted by atomic mass is 10.0. The van der Waals surface area contributed by atoms with Crippen molar-refractivity contribution in [3.8, 4) is 0 Å². The van der Waals surface area contributed by atoms with Gasteiger partial charge in [0.25, 0.3) is 0 Å². The van der Waals surface area contributed by atoms with E-state index in [9.17, 15) is 9.59 Å². The highest BCUT2D eigenvalue weighted by molar-refractivity contribution is 5.92. The predicted octanol–water partition coefficient (Wildman–Crippen LogP) is 1.29. The summed E-state index contributed by atoms with van der Waals surface area (Å²) in [5.41, 5.74) is 0.815. The van der Waals surface area contributed by atoms with Crippen molar-refractivity contribution < 1.29 is 14.3 Å². The minimum absolute atomic E-state index is 0. The van der Waals surface area contributed by atoms with Crippen LogP contribution in [-0.2, 0) is 14.3 Å². The van der Waals surface area contributed by atoms with E-state index in [-0.39, 0.29) is 42.7 Å². The zero-order valence-electron chi connectivity index (χ0n) is 15.6. The smallest absolute Gasteiger partial charge is 0.238 e. The van der Waals surface area contributed by atoms with Crippen molar-refractivity contribution in [2.24, 2.45) is 0 Å². The summed E-state index contributed by atoms with van der Waals surface area (Å²) < 4.78 is 4.92. The van der Waals surface area contributed by atoms with Crippen molar-refractivity contribution in [1.82, 2.24) is 15.5 Å². The quantitative estimate of drug-likeness (QED) is 0.524. The van der Waals surface area contributed by atoms with Gasteiger partial charge in [-0.2, -0.15) is 0 Å². The fraction of sp³-hybridized carbons (Fsp3) is 0.556. The second-order valence-corrected chi connectivity index (χ2v) is 6.20. The summed E-state index contributed by atoms with van der Waals surface area (Å²) in [6.07, 6.45) is 1.73. The van der Waals surface area contributed by atoms with Crippen molar-refractivity contribution >= 4 is 42.3 Å². The van der Waals surface area contributed by atoms with Crippen molar-refractivity contribution in [3.05, 3.63) is 30.3 Å². The number of piperidine rings is 1. The molecule has 3 N–H and O–H groups in total. The molecule has 154 valence electrons. The second-order valence-electron chi connectivity index (χ2n) is 6.20. The van der Waals surface area contributed by atoms with E-state index >= 15 is 0 Å². The molecule has 7 nitrogen and oxygen atoms in total. The number of carbonyl (C=O) groups is 2. The summed E-state index contributed by atoms with van der Waals surface area (Å²) in [6.45, 7) is 3.57. The van der Waals surface area contributed by atoms with Gasteiger partial charge in [0.2, 0.25) is 11.8 Å². The zero-order valence-corrected chi connectivity index (χ0v) is 17.2. The van der Waals surface area contributed by atoms with E-state index < -0.39 is 0 Å². The van der Waals surface area contributed by atoms with Gasteiger partial charge in [-0.1, -0.05) is 18.2 Å². The molecule has 0 atom stereocenters. The minimum Gasteiger partial charge on any atom is -0.383 e. The molecular weight excluding hydrogens is 391 g/mol. The number of likely N-dealkylation sites (tertiary alicyclic amines) is 1. The van der Waals surface area contributed by atoms with Crippen molar-refractivity contribution in [2.75, 3.05) is 51.8 Å². The third-order valence-electron chi connectivity index (χ3n) is 4.15. The summed E-state index contributed by atoms with van der Waals surface area (Å²) in [5.74, 6) is 0.00685. The molecule has 2 rings (SSSR count). The number of rotatable bonds is 9. The maximum absolute atomic E-state index is 12.1. The number of nitrogens with zero attached hydrogens (tertiary/aromatic N) is 1. The Hall–Kier alpha value is -1.38. The third-order valence-corrected chi connectivity index (χ3v) is 4.15. The molecule has 1 aromatic rings. The molecule has 0 bridgehead atoms. The van der Waals surface area contributed by atoms with E-state index in [0.717, 1.165) is 31.6 Å².